The normalized spacial score (nSPS) is 21.5. The number of aromatic nitrogens is 2. The maximum Gasteiger partial charge on any atom is 0.248 e. The molecule has 0 aromatic carbocycles. The standard InChI is InChI=1S/C19H24N4O2/c1-3-23-15-7-5-10-20-18(15)22-11-6-8-16(22)19(23)9-12-21(14-19)17(24)13-25-4-2/h5-8,10-11H,3-4,9,12-14H2,1-2H3/t19-/m0/s1. The van der Waals surface area contributed by atoms with Crippen LogP contribution in [0.3, 0.4) is 0 Å². The van der Waals surface area contributed by atoms with Crippen LogP contribution in [-0.4, -0.2) is 53.2 Å². The summed E-state index contributed by atoms with van der Waals surface area (Å²) in [4.78, 5) is 21.4. The molecule has 2 aromatic rings. The monoisotopic (exact) mass is 340 g/mol. The van der Waals surface area contributed by atoms with Crippen LogP contribution in [0.2, 0.25) is 0 Å². The molecule has 2 aliphatic heterocycles. The number of pyridine rings is 1. The molecular formula is C19H24N4O2. The van der Waals surface area contributed by atoms with E-state index >= 15 is 0 Å². The van der Waals surface area contributed by atoms with Gasteiger partial charge < -0.3 is 19.1 Å². The SMILES string of the molecule is CCOCC(=O)N1CC[C@]2(C1)c1cccn1-c1ncccc1N2CC. The average molecular weight is 340 g/mol. The number of amides is 1. The Balaban J connectivity index is 1.74. The van der Waals surface area contributed by atoms with Crippen molar-refractivity contribution in [1.29, 1.82) is 0 Å². The fourth-order valence-electron chi connectivity index (χ4n) is 4.29. The summed E-state index contributed by atoms with van der Waals surface area (Å²) in [6, 6.07) is 8.34. The summed E-state index contributed by atoms with van der Waals surface area (Å²) < 4.78 is 7.51. The summed E-state index contributed by atoms with van der Waals surface area (Å²) in [5.74, 6) is 1.04. The molecule has 0 unspecified atom stereocenters. The second kappa shape index (κ2) is 6.19. The summed E-state index contributed by atoms with van der Waals surface area (Å²) in [7, 11) is 0. The molecule has 1 atom stereocenters. The number of nitrogens with zero attached hydrogens (tertiary/aromatic N) is 4. The highest BCUT2D eigenvalue weighted by molar-refractivity contribution is 5.78. The molecule has 1 fully saturated rings. The highest BCUT2D eigenvalue weighted by Gasteiger charge is 2.50. The molecule has 6 heteroatoms. The first-order valence-corrected chi connectivity index (χ1v) is 8.97. The molecule has 1 spiro atoms. The molecule has 25 heavy (non-hydrogen) atoms. The van der Waals surface area contributed by atoms with E-state index in [1.807, 2.05) is 24.1 Å². The third kappa shape index (κ3) is 2.35. The summed E-state index contributed by atoms with van der Waals surface area (Å²) in [5, 5.41) is 0. The predicted molar refractivity (Wildman–Crippen MR) is 96.0 cm³/mol. The van der Waals surface area contributed by atoms with Crippen molar-refractivity contribution in [2.45, 2.75) is 25.8 Å². The Labute approximate surface area is 148 Å². The van der Waals surface area contributed by atoms with Crippen molar-refractivity contribution in [3.8, 4) is 5.82 Å². The van der Waals surface area contributed by atoms with Gasteiger partial charge in [0.1, 0.15) is 6.61 Å². The van der Waals surface area contributed by atoms with E-state index in [0.717, 1.165) is 31.0 Å². The van der Waals surface area contributed by atoms with Crippen molar-refractivity contribution in [3.05, 3.63) is 42.4 Å². The molecule has 1 amide bonds. The van der Waals surface area contributed by atoms with E-state index in [0.29, 0.717) is 13.2 Å². The molecule has 0 N–H and O–H groups in total. The quantitative estimate of drug-likeness (QED) is 0.856. The van der Waals surface area contributed by atoms with E-state index in [9.17, 15) is 4.79 Å². The van der Waals surface area contributed by atoms with Crippen LogP contribution in [-0.2, 0) is 15.1 Å². The zero-order valence-electron chi connectivity index (χ0n) is 14.8. The highest BCUT2D eigenvalue weighted by Crippen LogP contribution is 2.46. The highest BCUT2D eigenvalue weighted by atomic mass is 16.5. The molecule has 0 bridgehead atoms. The van der Waals surface area contributed by atoms with Crippen molar-refractivity contribution in [2.75, 3.05) is 37.7 Å². The van der Waals surface area contributed by atoms with Crippen LogP contribution >= 0.6 is 0 Å². The number of likely N-dealkylation sites (N-methyl/N-ethyl adjacent to an activating group) is 1. The number of anilines is 1. The van der Waals surface area contributed by atoms with Gasteiger partial charge in [0.05, 0.1) is 16.9 Å². The van der Waals surface area contributed by atoms with Crippen LogP contribution in [0, 0.1) is 0 Å². The lowest BCUT2D eigenvalue weighted by Gasteiger charge is -2.46. The second-order valence-corrected chi connectivity index (χ2v) is 6.59. The van der Waals surface area contributed by atoms with Crippen LogP contribution < -0.4 is 4.90 Å². The largest absolute Gasteiger partial charge is 0.372 e. The Hall–Kier alpha value is -2.34. The predicted octanol–water partition coefficient (Wildman–Crippen LogP) is 2.18. The minimum Gasteiger partial charge on any atom is -0.372 e. The van der Waals surface area contributed by atoms with E-state index in [-0.39, 0.29) is 18.1 Å². The molecule has 1 saturated heterocycles. The number of likely N-dealkylation sites (tertiary alicyclic amines) is 1. The average Bonchev–Trinajstić information content (AvgIpc) is 3.29. The van der Waals surface area contributed by atoms with Crippen molar-refractivity contribution in [1.82, 2.24) is 14.5 Å². The number of hydrogen-bond donors (Lipinski definition) is 0. The first-order chi connectivity index (χ1) is 12.2. The Morgan fingerprint density at radius 1 is 1.32 bits per heavy atom. The van der Waals surface area contributed by atoms with E-state index < -0.39 is 0 Å². The summed E-state index contributed by atoms with van der Waals surface area (Å²) in [6.45, 7) is 7.12. The lowest BCUT2D eigenvalue weighted by Crippen LogP contribution is -2.52. The lowest BCUT2D eigenvalue weighted by atomic mass is 9.89. The number of ether oxygens (including phenoxy) is 1. The van der Waals surface area contributed by atoms with Gasteiger partial charge in [-0.05, 0) is 44.5 Å². The first kappa shape index (κ1) is 16.1. The van der Waals surface area contributed by atoms with Crippen molar-refractivity contribution in [2.24, 2.45) is 0 Å². The number of rotatable bonds is 4. The zero-order chi connectivity index (χ0) is 17.4. The maximum atomic E-state index is 12.5. The topological polar surface area (TPSA) is 50.6 Å². The van der Waals surface area contributed by atoms with Crippen molar-refractivity contribution in [3.63, 3.8) is 0 Å². The number of carbonyl (C=O) groups excluding carboxylic acids is 1. The van der Waals surface area contributed by atoms with Crippen molar-refractivity contribution < 1.29 is 9.53 Å². The van der Waals surface area contributed by atoms with Gasteiger partial charge in [-0.3, -0.25) is 4.79 Å². The lowest BCUT2D eigenvalue weighted by molar-refractivity contribution is -0.135. The van der Waals surface area contributed by atoms with E-state index in [4.69, 9.17) is 4.74 Å². The summed E-state index contributed by atoms with van der Waals surface area (Å²) in [6.07, 6.45) is 4.82. The molecule has 0 radical (unpaired) electrons. The minimum absolute atomic E-state index is 0.0740. The third-order valence-corrected chi connectivity index (χ3v) is 5.37. The van der Waals surface area contributed by atoms with Gasteiger partial charge in [0, 0.05) is 38.6 Å². The second-order valence-electron chi connectivity index (χ2n) is 6.59. The van der Waals surface area contributed by atoms with Gasteiger partial charge in [-0.15, -0.1) is 0 Å². The van der Waals surface area contributed by atoms with Gasteiger partial charge in [0.15, 0.2) is 5.82 Å². The van der Waals surface area contributed by atoms with Gasteiger partial charge in [-0.2, -0.15) is 0 Å². The molecule has 2 aromatic heterocycles. The Kier molecular flexibility index (Phi) is 4.00. The van der Waals surface area contributed by atoms with Crippen LogP contribution in [0.15, 0.2) is 36.7 Å². The van der Waals surface area contributed by atoms with E-state index in [1.165, 1.54) is 5.69 Å². The van der Waals surface area contributed by atoms with Gasteiger partial charge in [0.2, 0.25) is 5.91 Å². The van der Waals surface area contributed by atoms with Crippen LogP contribution in [0.5, 0.6) is 0 Å². The van der Waals surface area contributed by atoms with Gasteiger partial charge in [0.25, 0.3) is 0 Å². The van der Waals surface area contributed by atoms with Crippen LogP contribution in [0.1, 0.15) is 26.0 Å². The van der Waals surface area contributed by atoms with Gasteiger partial charge >= 0.3 is 0 Å². The molecular weight excluding hydrogens is 316 g/mol. The number of fused-ring (bicyclic) bond motifs is 4. The smallest absolute Gasteiger partial charge is 0.248 e. The van der Waals surface area contributed by atoms with Gasteiger partial charge in [-0.1, -0.05) is 0 Å². The van der Waals surface area contributed by atoms with Gasteiger partial charge in [-0.25, -0.2) is 4.98 Å². The molecule has 132 valence electrons. The molecule has 6 nitrogen and oxygen atoms in total. The summed E-state index contributed by atoms with van der Waals surface area (Å²) in [5.41, 5.74) is 2.15. The van der Waals surface area contributed by atoms with E-state index in [1.54, 1.807) is 0 Å². The summed E-state index contributed by atoms with van der Waals surface area (Å²) >= 11 is 0. The Bertz CT molecular complexity index is 787. The minimum atomic E-state index is -0.198. The fourth-order valence-corrected chi connectivity index (χ4v) is 4.29. The number of carbonyl (C=O) groups is 1. The van der Waals surface area contributed by atoms with Crippen LogP contribution in [0.25, 0.3) is 5.82 Å². The number of hydrogen-bond acceptors (Lipinski definition) is 4. The Morgan fingerprint density at radius 2 is 2.20 bits per heavy atom. The molecule has 2 aliphatic rings. The van der Waals surface area contributed by atoms with E-state index in [2.05, 4.69) is 45.8 Å². The third-order valence-electron chi connectivity index (χ3n) is 5.37. The Morgan fingerprint density at radius 3 is 3.00 bits per heavy atom. The molecule has 4 rings (SSSR count). The molecule has 0 aliphatic carbocycles. The first-order valence-electron chi connectivity index (χ1n) is 8.97. The van der Waals surface area contributed by atoms with Crippen molar-refractivity contribution >= 4 is 11.6 Å². The fraction of sp³-hybridized carbons (Fsp3) is 0.474. The van der Waals surface area contributed by atoms with Crippen LogP contribution in [0.4, 0.5) is 5.69 Å². The zero-order valence-corrected chi connectivity index (χ0v) is 14.8. The molecule has 4 heterocycles. The molecule has 0 saturated carbocycles. The maximum absolute atomic E-state index is 12.5.